The van der Waals surface area contributed by atoms with E-state index in [-0.39, 0.29) is 10.8 Å². The first-order chi connectivity index (χ1) is 52.1. The monoisotopic (exact) mass is 1350 g/mol. The van der Waals surface area contributed by atoms with Gasteiger partial charge in [0.15, 0.2) is 0 Å². The van der Waals surface area contributed by atoms with Gasteiger partial charge in [-0.15, -0.1) is 0 Å². The van der Waals surface area contributed by atoms with Crippen molar-refractivity contribution in [1.29, 1.82) is 0 Å². The lowest BCUT2D eigenvalue weighted by atomic mass is 9.66. The van der Waals surface area contributed by atoms with Crippen molar-refractivity contribution in [2.45, 2.75) is 49.4 Å². The molecule has 0 N–H and O–H groups in total. The highest BCUT2D eigenvalue weighted by Gasteiger charge is 2.49. The Labute approximate surface area is 621 Å². The minimum atomic E-state index is -0.521. The Morgan fingerprint density at radius 1 is 0.198 bits per heavy atom. The number of hydrogen-bond donors (Lipinski definition) is 0. The van der Waals surface area contributed by atoms with Gasteiger partial charge in [0.1, 0.15) is 0 Å². The van der Waals surface area contributed by atoms with Crippen molar-refractivity contribution < 1.29 is 0 Å². The molecule has 4 aliphatic rings. The molecule has 0 saturated heterocycles. The van der Waals surface area contributed by atoms with Gasteiger partial charge in [0.05, 0.1) is 16.5 Å². The van der Waals surface area contributed by atoms with E-state index >= 15 is 0 Å². The fraction of sp³-hybridized carbons (Fsp3) is 0.0769. The van der Waals surface area contributed by atoms with Crippen molar-refractivity contribution in [3.05, 3.63) is 455 Å². The first-order valence-electron chi connectivity index (χ1n) is 37.3. The number of rotatable bonds is 10. The van der Waals surface area contributed by atoms with Gasteiger partial charge in [0.25, 0.3) is 0 Å². The van der Waals surface area contributed by atoms with Gasteiger partial charge in [-0.2, -0.15) is 0 Å². The van der Waals surface area contributed by atoms with E-state index in [2.05, 4.69) is 426 Å². The Bertz CT molecular complexity index is 6310. The molecular weight excluding hydrogens is 1280 g/mol. The maximum Gasteiger partial charge on any atom is 0.0720 e. The van der Waals surface area contributed by atoms with Gasteiger partial charge in [-0.05, 0) is 205 Å². The third-order valence-corrected chi connectivity index (χ3v) is 24.0. The maximum atomic E-state index is 2.51. The van der Waals surface area contributed by atoms with E-state index < -0.39 is 10.8 Å². The molecular formula is C104H76N2. The zero-order chi connectivity index (χ0) is 70.9. The van der Waals surface area contributed by atoms with Gasteiger partial charge in [0, 0.05) is 44.8 Å². The van der Waals surface area contributed by atoms with Crippen LogP contribution in [0.1, 0.15) is 94.5 Å². The highest BCUT2D eigenvalue weighted by atomic mass is 15.2. The molecule has 0 fully saturated rings. The summed E-state index contributed by atoms with van der Waals surface area (Å²) in [5, 5.41) is 7.58. The molecule has 21 rings (SSSR count). The molecule has 0 heterocycles. The SMILES string of the molecule is CC1(C)c2ccccc2-c2c(N(c3cccc(C4(c5ccccc5)c5ccccc5-c5ccccc54)c3)c3ccc4c(ccc5ccccc54)c3)cccc21.CC1(C)c2ccccc2-c2cc(N(c3ccccc3)c3cccc(C4(c5ccccc5)c5ccccc5-c5ccc6ccccc6c54)c3)ccc21. The minimum absolute atomic E-state index is 0.0456. The summed E-state index contributed by atoms with van der Waals surface area (Å²) in [6.07, 6.45) is 0. The first kappa shape index (κ1) is 62.9. The Kier molecular flexibility index (Phi) is 14.5. The van der Waals surface area contributed by atoms with Gasteiger partial charge < -0.3 is 9.80 Å². The van der Waals surface area contributed by atoms with Crippen LogP contribution in [0, 0.1) is 0 Å². The van der Waals surface area contributed by atoms with Crippen LogP contribution >= 0.6 is 0 Å². The molecule has 1 unspecified atom stereocenters. The largest absolute Gasteiger partial charge is 0.310 e. The standard InChI is InChI=1S/C54H39N.C50H37N/c1-53(2)47-25-11-10-24-46(47)52-50(53)28-15-29-51(52)55(41-32-33-43-37(34-41)31-30-36-16-6-7-21-42(36)43)40-20-14-19-39(35-40)54(38-17-4-3-5-18-38)48-26-12-8-22-44(48)45-23-9-13-27-49(45)54;1-49(2)45-26-13-11-25-42(45)44-33-39(29-31-46(44)49)51(37-20-7-4-8-21-37)38-22-15-19-36(32-38)50(35-17-5-3-6-18-35)47-27-14-12-24-41(47)43-30-28-34-16-9-10-23-40(34)48(43)50/h3-35H,1-2H3;3-33H,1-2H3. The molecule has 106 heavy (non-hydrogen) atoms. The third-order valence-electron chi connectivity index (χ3n) is 24.0. The van der Waals surface area contributed by atoms with E-state index in [1.807, 2.05) is 0 Å². The van der Waals surface area contributed by atoms with Crippen molar-refractivity contribution in [2.75, 3.05) is 9.80 Å². The normalized spacial score (nSPS) is 15.2. The van der Waals surface area contributed by atoms with E-state index in [0.717, 1.165) is 28.4 Å². The van der Waals surface area contributed by atoms with Crippen LogP contribution in [0.3, 0.4) is 0 Å². The molecule has 0 saturated carbocycles. The van der Waals surface area contributed by atoms with Crippen LogP contribution in [0.2, 0.25) is 0 Å². The molecule has 502 valence electrons. The van der Waals surface area contributed by atoms with Gasteiger partial charge in [-0.1, -0.05) is 349 Å². The summed E-state index contributed by atoms with van der Waals surface area (Å²) in [5.74, 6) is 0. The average Bonchev–Trinajstić information content (AvgIpc) is 1.53. The molecule has 0 radical (unpaired) electrons. The fourth-order valence-electron chi connectivity index (χ4n) is 19.4. The van der Waals surface area contributed by atoms with Crippen LogP contribution in [0.5, 0.6) is 0 Å². The molecule has 0 aliphatic heterocycles. The quantitative estimate of drug-likeness (QED) is 0.126. The van der Waals surface area contributed by atoms with E-state index in [1.54, 1.807) is 0 Å². The molecule has 1 atom stereocenters. The lowest BCUT2D eigenvalue weighted by Crippen LogP contribution is -2.29. The second-order valence-corrected chi connectivity index (χ2v) is 30.1. The van der Waals surface area contributed by atoms with Crippen molar-refractivity contribution in [2.24, 2.45) is 0 Å². The summed E-state index contributed by atoms with van der Waals surface area (Å²) in [4.78, 5) is 4.95. The number of para-hydroxylation sites is 1. The summed E-state index contributed by atoms with van der Waals surface area (Å²) < 4.78 is 0. The van der Waals surface area contributed by atoms with Crippen molar-refractivity contribution >= 4 is 66.4 Å². The summed E-state index contributed by atoms with van der Waals surface area (Å²) >= 11 is 0. The molecule has 0 amide bonds. The smallest absolute Gasteiger partial charge is 0.0720 e. The number of benzene rings is 17. The van der Waals surface area contributed by atoms with Crippen LogP contribution in [-0.2, 0) is 21.7 Å². The Hall–Kier alpha value is -12.9. The molecule has 17 aromatic carbocycles. The second-order valence-electron chi connectivity index (χ2n) is 30.1. The summed E-state index contributed by atoms with van der Waals surface area (Å²) in [5.41, 5.74) is 32.0. The average molecular weight is 1350 g/mol. The highest BCUT2D eigenvalue weighted by molar-refractivity contribution is 6.09. The number of fused-ring (bicyclic) bond motifs is 17. The molecule has 2 nitrogen and oxygen atoms in total. The van der Waals surface area contributed by atoms with Gasteiger partial charge in [-0.3, -0.25) is 0 Å². The molecule has 0 bridgehead atoms. The summed E-state index contributed by atoms with van der Waals surface area (Å²) in [6.45, 7) is 9.43. The first-order valence-corrected chi connectivity index (χ1v) is 37.3. The van der Waals surface area contributed by atoms with E-state index in [4.69, 9.17) is 0 Å². The van der Waals surface area contributed by atoms with E-state index in [0.29, 0.717) is 0 Å². The van der Waals surface area contributed by atoms with E-state index in [1.165, 1.54) is 149 Å². The van der Waals surface area contributed by atoms with Crippen molar-refractivity contribution in [3.63, 3.8) is 0 Å². The topological polar surface area (TPSA) is 6.48 Å². The van der Waals surface area contributed by atoms with Gasteiger partial charge >= 0.3 is 0 Å². The number of anilines is 6. The Morgan fingerprint density at radius 2 is 0.585 bits per heavy atom. The van der Waals surface area contributed by atoms with Crippen LogP contribution in [-0.4, -0.2) is 0 Å². The number of hydrogen-bond acceptors (Lipinski definition) is 2. The molecule has 4 aliphatic carbocycles. The zero-order valence-corrected chi connectivity index (χ0v) is 59.8. The molecule has 0 spiro atoms. The van der Waals surface area contributed by atoms with Crippen LogP contribution in [0.25, 0.3) is 76.8 Å². The number of nitrogens with zero attached hydrogens (tertiary/aromatic N) is 2. The zero-order valence-electron chi connectivity index (χ0n) is 59.8. The van der Waals surface area contributed by atoms with Crippen LogP contribution < -0.4 is 9.80 Å². The Morgan fingerprint density at radius 3 is 1.24 bits per heavy atom. The Balaban J connectivity index is 0.000000141. The molecule has 2 heteroatoms. The lowest BCUT2D eigenvalue weighted by Gasteiger charge is -2.36. The van der Waals surface area contributed by atoms with Crippen molar-refractivity contribution in [3.8, 4) is 44.5 Å². The minimum Gasteiger partial charge on any atom is -0.310 e. The third kappa shape index (κ3) is 9.30. The van der Waals surface area contributed by atoms with Gasteiger partial charge in [-0.25, -0.2) is 0 Å². The van der Waals surface area contributed by atoms with Gasteiger partial charge in [0.2, 0.25) is 0 Å². The van der Waals surface area contributed by atoms with E-state index in [9.17, 15) is 0 Å². The second kappa shape index (κ2) is 24.4. The summed E-state index contributed by atoms with van der Waals surface area (Å²) in [6, 6.07) is 144. The lowest BCUT2D eigenvalue weighted by molar-refractivity contribution is 0.660. The van der Waals surface area contributed by atoms with Crippen LogP contribution in [0.4, 0.5) is 34.1 Å². The predicted molar refractivity (Wildman–Crippen MR) is 445 cm³/mol. The van der Waals surface area contributed by atoms with Crippen LogP contribution in [0.15, 0.2) is 388 Å². The highest BCUT2D eigenvalue weighted by Crippen LogP contribution is 2.61. The molecule has 17 aromatic rings. The fourth-order valence-corrected chi connectivity index (χ4v) is 19.4. The predicted octanol–water partition coefficient (Wildman–Crippen LogP) is 27.1. The van der Waals surface area contributed by atoms with Crippen molar-refractivity contribution in [1.82, 2.24) is 0 Å². The maximum absolute atomic E-state index is 2.51. The molecule has 0 aromatic heterocycles. The summed E-state index contributed by atoms with van der Waals surface area (Å²) in [7, 11) is 0.